The summed E-state index contributed by atoms with van der Waals surface area (Å²) in [6.07, 6.45) is 0. The second-order valence-electron chi connectivity index (χ2n) is 6.54. The fourth-order valence-corrected chi connectivity index (χ4v) is 2.87. The number of carbonyl (C=O) groups is 2. The summed E-state index contributed by atoms with van der Waals surface area (Å²) in [5.74, 6) is 0.335. The van der Waals surface area contributed by atoms with Crippen molar-refractivity contribution in [1.82, 2.24) is 20.4 Å². The van der Waals surface area contributed by atoms with Crippen LogP contribution in [0.25, 0.3) is 11.1 Å². The molecule has 27 heavy (non-hydrogen) atoms. The van der Waals surface area contributed by atoms with Crippen LogP contribution < -0.4 is 5.32 Å². The first kappa shape index (κ1) is 18.4. The van der Waals surface area contributed by atoms with E-state index in [1.165, 1.54) is 4.90 Å². The Morgan fingerprint density at radius 3 is 2.63 bits per heavy atom. The molecule has 0 atom stereocenters. The lowest BCUT2D eigenvalue weighted by Crippen LogP contribution is -2.23. The predicted octanol–water partition coefficient (Wildman–Crippen LogP) is 2.92. The molecule has 0 saturated carbocycles. The Labute approximate surface area is 157 Å². The van der Waals surface area contributed by atoms with Gasteiger partial charge in [0.25, 0.3) is 11.8 Å². The third-order valence-electron chi connectivity index (χ3n) is 4.24. The first-order chi connectivity index (χ1) is 12.9. The zero-order chi connectivity index (χ0) is 19.6. The molecule has 140 valence electrons. The van der Waals surface area contributed by atoms with Crippen molar-refractivity contribution in [3.05, 3.63) is 64.9 Å². The van der Waals surface area contributed by atoms with Gasteiger partial charge in [0.05, 0.1) is 12.2 Å². The number of aromatic amines is 1. The molecule has 0 fully saturated rings. The fourth-order valence-electron chi connectivity index (χ4n) is 2.87. The van der Waals surface area contributed by atoms with E-state index in [0.29, 0.717) is 11.3 Å². The lowest BCUT2D eigenvalue weighted by atomic mass is 10.0. The Kier molecular flexibility index (Phi) is 5.12. The average Bonchev–Trinajstić information content (AvgIpc) is 3.25. The standard InChI is InChI=1S/C20H22N4O3/c1-12-18(13(2)23-22-12)14-6-5-7-15(10-14)19(25)21-11-16-8-9-17(27-16)20(26)24(3)4/h5-10H,11H2,1-4H3,(H,21,25)(H,22,23). The number of hydrogen-bond donors (Lipinski definition) is 2. The maximum absolute atomic E-state index is 12.5. The average molecular weight is 366 g/mol. The van der Waals surface area contributed by atoms with Gasteiger partial charge in [-0.05, 0) is 43.7 Å². The third kappa shape index (κ3) is 3.92. The number of nitrogens with zero attached hydrogens (tertiary/aromatic N) is 2. The van der Waals surface area contributed by atoms with Crippen molar-refractivity contribution in [2.45, 2.75) is 20.4 Å². The molecule has 2 amide bonds. The second kappa shape index (κ2) is 7.49. The maximum atomic E-state index is 12.5. The molecule has 0 spiro atoms. The minimum absolute atomic E-state index is 0.202. The number of H-pyrrole nitrogens is 1. The van der Waals surface area contributed by atoms with Gasteiger partial charge >= 0.3 is 0 Å². The quantitative estimate of drug-likeness (QED) is 0.726. The van der Waals surface area contributed by atoms with E-state index in [4.69, 9.17) is 4.42 Å². The highest BCUT2D eigenvalue weighted by Gasteiger charge is 2.15. The molecule has 7 heteroatoms. The summed E-state index contributed by atoms with van der Waals surface area (Å²) in [4.78, 5) is 25.8. The minimum Gasteiger partial charge on any atom is -0.454 e. The third-order valence-corrected chi connectivity index (χ3v) is 4.24. The summed E-state index contributed by atoms with van der Waals surface area (Å²) >= 11 is 0. The van der Waals surface area contributed by atoms with Crippen LogP contribution in [0.1, 0.15) is 38.1 Å². The van der Waals surface area contributed by atoms with Crippen molar-refractivity contribution in [3.8, 4) is 11.1 Å². The molecule has 7 nitrogen and oxygen atoms in total. The van der Waals surface area contributed by atoms with Crippen molar-refractivity contribution in [3.63, 3.8) is 0 Å². The highest BCUT2D eigenvalue weighted by atomic mass is 16.4. The van der Waals surface area contributed by atoms with Gasteiger partial charge in [0.15, 0.2) is 5.76 Å². The van der Waals surface area contributed by atoms with Crippen molar-refractivity contribution in [2.75, 3.05) is 14.1 Å². The van der Waals surface area contributed by atoms with Gasteiger partial charge in [0.2, 0.25) is 0 Å². The fraction of sp³-hybridized carbons (Fsp3) is 0.250. The van der Waals surface area contributed by atoms with Crippen LogP contribution >= 0.6 is 0 Å². The Morgan fingerprint density at radius 2 is 1.96 bits per heavy atom. The van der Waals surface area contributed by atoms with Crippen molar-refractivity contribution >= 4 is 11.8 Å². The summed E-state index contributed by atoms with van der Waals surface area (Å²) in [5, 5.41) is 9.98. The van der Waals surface area contributed by atoms with Crippen molar-refractivity contribution < 1.29 is 14.0 Å². The normalized spacial score (nSPS) is 10.7. The highest BCUT2D eigenvalue weighted by Crippen LogP contribution is 2.26. The molecule has 0 saturated heterocycles. The molecule has 0 unspecified atom stereocenters. The van der Waals surface area contributed by atoms with Gasteiger partial charge in [-0.15, -0.1) is 0 Å². The van der Waals surface area contributed by atoms with Gasteiger partial charge in [0, 0.05) is 30.9 Å². The molecule has 1 aromatic carbocycles. The molecule has 0 aliphatic heterocycles. The van der Waals surface area contributed by atoms with Crippen LogP contribution in [-0.2, 0) is 6.54 Å². The molecular formula is C20H22N4O3. The van der Waals surface area contributed by atoms with E-state index in [2.05, 4.69) is 15.5 Å². The first-order valence-electron chi connectivity index (χ1n) is 8.57. The van der Waals surface area contributed by atoms with E-state index in [9.17, 15) is 9.59 Å². The van der Waals surface area contributed by atoms with Gasteiger partial charge in [-0.3, -0.25) is 14.7 Å². The maximum Gasteiger partial charge on any atom is 0.289 e. The predicted molar refractivity (Wildman–Crippen MR) is 101 cm³/mol. The van der Waals surface area contributed by atoms with E-state index in [1.807, 2.05) is 32.0 Å². The molecule has 0 radical (unpaired) electrons. The van der Waals surface area contributed by atoms with E-state index < -0.39 is 0 Å². The molecule has 0 bridgehead atoms. The van der Waals surface area contributed by atoms with Gasteiger partial charge in [-0.2, -0.15) is 5.10 Å². The van der Waals surface area contributed by atoms with Crippen LogP contribution in [0.3, 0.4) is 0 Å². The molecule has 2 aromatic heterocycles. The SMILES string of the molecule is Cc1n[nH]c(C)c1-c1cccc(C(=O)NCc2ccc(C(=O)N(C)C)o2)c1. The molecule has 3 rings (SSSR count). The minimum atomic E-state index is -0.217. The van der Waals surface area contributed by atoms with Crippen LogP contribution in [0.4, 0.5) is 0 Å². The number of nitrogens with one attached hydrogen (secondary N) is 2. The van der Waals surface area contributed by atoms with Gasteiger partial charge in [-0.1, -0.05) is 12.1 Å². The molecule has 0 aliphatic rings. The number of aryl methyl sites for hydroxylation is 2. The molecule has 3 aromatic rings. The number of hydrogen-bond acceptors (Lipinski definition) is 4. The second-order valence-corrected chi connectivity index (χ2v) is 6.54. The molecule has 2 heterocycles. The van der Waals surface area contributed by atoms with Crippen molar-refractivity contribution in [2.24, 2.45) is 0 Å². The summed E-state index contributed by atoms with van der Waals surface area (Å²) in [7, 11) is 3.31. The first-order valence-corrected chi connectivity index (χ1v) is 8.57. The van der Waals surface area contributed by atoms with Crippen LogP contribution in [0.15, 0.2) is 40.8 Å². The van der Waals surface area contributed by atoms with Crippen LogP contribution in [0.5, 0.6) is 0 Å². The lowest BCUT2D eigenvalue weighted by Gasteiger charge is -2.08. The van der Waals surface area contributed by atoms with E-state index in [0.717, 1.165) is 22.5 Å². The van der Waals surface area contributed by atoms with Gasteiger partial charge in [-0.25, -0.2) is 0 Å². The number of rotatable bonds is 5. The summed E-state index contributed by atoms with van der Waals surface area (Å²) in [6.45, 7) is 4.08. The van der Waals surface area contributed by atoms with E-state index in [1.54, 1.807) is 32.3 Å². The van der Waals surface area contributed by atoms with Gasteiger partial charge in [0.1, 0.15) is 5.76 Å². The summed E-state index contributed by atoms with van der Waals surface area (Å²) < 4.78 is 5.49. The zero-order valence-electron chi connectivity index (χ0n) is 15.8. The Balaban J connectivity index is 1.70. The van der Waals surface area contributed by atoms with Gasteiger partial charge < -0.3 is 14.6 Å². The largest absolute Gasteiger partial charge is 0.454 e. The smallest absolute Gasteiger partial charge is 0.289 e. The lowest BCUT2D eigenvalue weighted by molar-refractivity contribution is 0.0794. The van der Waals surface area contributed by atoms with Crippen LogP contribution in [0.2, 0.25) is 0 Å². The number of amides is 2. The summed E-state index contributed by atoms with van der Waals surface area (Å²) in [5.41, 5.74) is 4.33. The number of carbonyl (C=O) groups excluding carboxylic acids is 2. The highest BCUT2D eigenvalue weighted by molar-refractivity contribution is 5.95. The zero-order valence-corrected chi connectivity index (χ0v) is 15.8. The molecular weight excluding hydrogens is 344 g/mol. The number of aromatic nitrogens is 2. The Hall–Kier alpha value is -3.35. The number of benzene rings is 1. The van der Waals surface area contributed by atoms with Crippen molar-refractivity contribution in [1.29, 1.82) is 0 Å². The van der Waals surface area contributed by atoms with E-state index >= 15 is 0 Å². The van der Waals surface area contributed by atoms with Crippen LogP contribution in [-0.4, -0.2) is 41.0 Å². The topological polar surface area (TPSA) is 91.2 Å². The molecule has 0 aliphatic carbocycles. The molecule has 2 N–H and O–H groups in total. The monoisotopic (exact) mass is 366 g/mol. The van der Waals surface area contributed by atoms with E-state index in [-0.39, 0.29) is 24.1 Å². The Bertz CT molecular complexity index is 965. The number of furan rings is 1. The Morgan fingerprint density at radius 1 is 1.19 bits per heavy atom. The van der Waals surface area contributed by atoms with Crippen LogP contribution in [0, 0.1) is 13.8 Å². The summed E-state index contributed by atoms with van der Waals surface area (Å²) in [6, 6.07) is 10.7.